The third-order valence-electron chi connectivity index (χ3n) is 4.68. The van der Waals surface area contributed by atoms with Gasteiger partial charge in [-0.3, -0.25) is 13.7 Å². The first-order valence-corrected chi connectivity index (χ1v) is 13.0. The monoisotopic (exact) mass is 501 g/mol. The fourth-order valence-corrected chi connectivity index (χ4v) is 5.86. The van der Waals surface area contributed by atoms with E-state index in [-0.39, 0.29) is 17.0 Å². The molecule has 4 rings (SSSR count). The summed E-state index contributed by atoms with van der Waals surface area (Å²) in [5.74, 6) is -1.03. The minimum Gasteiger partial charge on any atom is -0.387 e. The molecule has 2 fully saturated rings. The molecule has 1 saturated heterocycles. The first kappa shape index (κ1) is 23.0. The van der Waals surface area contributed by atoms with Crippen molar-refractivity contribution in [1.82, 2.24) is 19.5 Å². The molecule has 13 nitrogen and oxygen atoms in total. The van der Waals surface area contributed by atoms with Gasteiger partial charge >= 0.3 is 15.2 Å². The molecule has 31 heavy (non-hydrogen) atoms. The maximum Gasteiger partial charge on any atom is 0.340 e. The lowest BCUT2D eigenvalue weighted by Crippen LogP contribution is -2.31. The number of imidazole rings is 1. The second kappa shape index (κ2) is 8.29. The van der Waals surface area contributed by atoms with Crippen molar-refractivity contribution in [2.24, 2.45) is 0 Å². The van der Waals surface area contributed by atoms with Gasteiger partial charge in [-0.1, -0.05) is 0 Å². The lowest BCUT2D eigenvalue weighted by atomic mass is 10.1. The molecule has 3 heterocycles. The summed E-state index contributed by atoms with van der Waals surface area (Å²) in [6, 6.07) is 0.238. The number of aliphatic hydroxyl groups is 1. The largest absolute Gasteiger partial charge is 0.387 e. The van der Waals surface area contributed by atoms with Crippen LogP contribution >= 0.6 is 26.8 Å². The quantitative estimate of drug-likeness (QED) is 0.255. The van der Waals surface area contributed by atoms with Crippen molar-refractivity contribution in [2.75, 3.05) is 17.8 Å². The minimum absolute atomic E-state index is 0.107. The molecule has 5 N–H and O–H groups in total. The van der Waals surface area contributed by atoms with Crippen LogP contribution in [0.25, 0.3) is 11.2 Å². The number of hydrogen-bond donors (Lipinski definition) is 5. The van der Waals surface area contributed by atoms with Crippen LogP contribution in [0.2, 0.25) is 5.28 Å². The van der Waals surface area contributed by atoms with Crippen LogP contribution in [-0.2, 0) is 18.4 Å². The maximum absolute atomic E-state index is 14.8. The van der Waals surface area contributed by atoms with Gasteiger partial charge in [-0.2, -0.15) is 9.97 Å². The van der Waals surface area contributed by atoms with Crippen LogP contribution in [0.1, 0.15) is 19.1 Å². The second-order valence-corrected chi connectivity index (χ2v) is 11.7. The van der Waals surface area contributed by atoms with E-state index in [1.807, 2.05) is 0 Å². The van der Waals surface area contributed by atoms with Crippen LogP contribution in [0.5, 0.6) is 0 Å². The Morgan fingerprint density at radius 3 is 2.68 bits per heavy atom. The molecule has 5 atom stereocenters. The van der Waals surface area contributed by atoms with Crippen molar-refractivity contribution in [3.63, 3.8) is 0 Å². The Labute approximate surface area is 179 Å². The van der Waals surface area contributed by atoms with Crippen molar-refractivity contribution < 1.29 is 42.6 Å². The number of rotatable bonds is 8. The molecule has 0 radical (unpaired) electrons. The molecule has 0 spiro atoms. The molecule has 0 bridgehead atoms. The van der Waals surface area contributed by atoms with E-state index in [1.54, 1.807) is 0 Å². The van der Waals surface area contributed by atoms with Crippen LogP contribution in [0.15, 0.2) is 6.33 Å². The van der Waals surface area contributed by atoms with E-state index in [0.717, 1.165) is 12.8 Å². The van der Waals surface area contributed by atoms with Crippen LogP contribution < -0.4 is 5.32 Å². The van der Waals surface area contributed by atoms with Gasteiger partial charge in [-0.15, -0.1) is 0 Å². The third kappa shape index (κ3) is 5.24. The van der Waals surface area contributed by atoms with Gasteiger partial charge in [0.25, 0.3) is 0 Å². The Hall–Kier alpha value is -1.21. The minimum atomic E-state index is -4.83. The molecule has 1 aliphatic carbocycles. The lowest BCUT2D eigenvalue weighted by molar-refractivity contribution is -0.0425. The Bertz CT molecular complexity index is 1080. The molecular weight excluding hydrogens is 483 g/mol. The highest BCUT2D eigenvalue weighted by molar-refractivity contribution is 7.70. The van der Waals surface area contributed by atoms with E-state index in [0.29, 0.717) is 11.3 Å². The Morgan fingerprint density at radius 2 is 2.03 bits per heavy atom. The Morgan fingerprint density at radius 1 is 1.32 bits per heavy atom. The zero-order chi connectivity index (χ0) is 22.6. The molecular formula is C14H19ClFN5O8P2. The van der Waals surface area contributed by atoms with E-state index < -0.39 is 52.3 Å². The maximum atomic E-state index is 14.8. The number of halogens is 2. The Kier molecular flexibility index (Phi) is 6.14. The molecule has 0 aromatic carbocycles. The first-order chi connectivity index (χ1) is 14.4. The number of nitrogens with zero attached hydrogens (tertiary/aromatic N) is 4. The van der Waals surface area contributed by atoms with Gasteiger partial charge in [-0.05, 0) is 24.4 Å². The molecule has 2 aliphatic rings. The standard InChI is InChI=1S/C14H19ClFN5O8P2/c15-14-19-11(18-6-1-2-6)9-12(20-14)21(4-17-9)13-8(16)10(22)7(29-13)3-28-31(26,27)5-30(23,24)25/h4,6-8,10,13,22H,1-3,5H2,(H,26,27)(H,18,19,20)(H2,23,24,25)/t7-,8+,10-,13-/m1/s1. The smallest absolute Gasteiger partial charge is 0.340 e. The number of fused-ring (bicyclic) bond motifs is 1. The van der Waals surface area contributed by atoms with Crippen molar-refractivity contribution in [1.29, 1.82) is 0 Å². The summed E-state index contributed by atoms with van der Waals surface area (Å²) in [6.45, 7) is -0.775. The molecule has 1 aliphatic heterocycles. The zero-order valence-corrected chi connectivity index (χ0v) is 18.2. The van der Waals surface area contributed by atoms with Crippen LogP contribution in [-0.4, -0.2) is 76.2 Å². The van der Waals surface area contributed by atoms with Gasteiger partial charge in [0, 0.05) is 6.04 Å². The molecule has 172 valence electrons. The van der Waals surface area contributed by atoms with Crippen LogP contribution in [0.3, 0.4) is 0 Å². The number of aliphatic hydroxyl groups excluding tert-OH is 1. The molecule has 2 aromatic heterocycles. The van der Waals surface area contributed by atoms with E-state index in [4.69, 9.17) is 26.1 Å². The number of nitrogens with one attached hydrogen (secondary N) is 1. The summed E-state index contributed by atoms with van der Waals surface area (Å²) in [4.78, 5) is 39.5. The normalized spacial score (nSPS) is 28.7. The van der Waals surface area contributed by atoms with Gasteiger partial charge in [0.15, 0.2) is 35.3 Å². The fraction of sp³-hybridized carbons (Fsp3) is 0.643. The highest BCUT2D eigenvalue weighted by atomic mass is 35.5. The number of aromatic nitrogens is 4. The van der Waals surface area contributed by atoms with Crippen molar-refractivity contribution in [3.05, 3.63) is 11.6 Å². The van der Waals surface area contributed by atoms with Crippen molar-refractivity contribution in [3.8, 4) is 0 Å². The van der Waals surface area contributed by atoms with Gasteiger partial charge in [0.2, 0.25) is 5.28 Å². The van der Waals surface area contributed by atoms with Crippen molar-refractivity contribution in [2.45, 2.75) is 43.5 Å². The van der Waals surface area contributed by atoms with E-state index in [9.17, 15) is 23.5 Å². The van der Waals surface area contributed by atoms with Crippen LogP contribution in [0.4, 0.5) is 10.2 Å². The number of hydrogen-bond acceptors (Lipinski definition) is 9. The van der Waals surface area contributed by atoms with Gasteiger partial charge < -0.3 is 34.4 Å². The zero-order valence-electron chi connectivity index (χ0n) is 15.7. The number of alkyl halides is 1. The summed E-state index contributed by atoms with van der Waals surface area (Å²) in [6.07, 6.45) is -3.37. The van der Waals surface area contributed by atoms with Crippen molar-refractivity contribution >= 4 is 43.8 Å². The predicted octanol–water partition coefficient (Wildman–Crippen LogP) is 0.988. The summed E-state index contributed by atoms with van der Waals surface area (Å²) in [5.41, 5.74) is 0.474. The van der Waals surface area contributed by atoms with Crippen LogP contribution in [0, 0.1) is 0 Å². The van der Waals surface area contributed by atoms with E-state index >= 15 is 0 Å². The molecule has 1 unspecified atom stereocenters. The second-order valence-electron chi connectivity index (χ2n) is 7.32. The van der Waals surface area contributed by atoms with Gasteiger partial charge in [0.05, 0.1) is 12.9 Å². The topological polar surface area (TPSA) is 189 Å². The van der Waals surface area contributed by atoms with E-state index in [1.165, 1.54) is 10.9 Å². The predicted molar refractivity (Wildman–Crippen MR) is 104 cm³/mol. The van der Waals surface area contributed by atoms with Gasteiger partial charge in [-0.25, -0.2) is 9.37 Å². The highest BCUT2D eigenvalue weighted by Crippen LogP contribution is 2.55. The molecule has 0 amide bonds. The average Bonchev–Trinajstić information content (AvgIpc) is 3.28. The lowest BCUT2D eigenvalue weighted by Gasteiger charge is -2.18. The Balaban J connectivity index is 1.53. The number of anilines is 1. The highest BCUT2D eigenvalue weighted by Gasteiger charge is 2.47. The average molecular weight is 502 g/mol. The summed E-state index contributed by atoms with van der Waals surface area (Å²) >= 11 is 5.98. The first-order valence-electron chi connectivity index (χ1n) is 9.09. The van der Waals surface area contributed by atoms with Gasteiger partial charge in [0.1, 0.15) is 12.2 Å². The molecule has 1 saturated carbocycles. The van der Waals surface area contributed by atoms with E-state index in [2.05, 4.69) is 24.8 Å². The third-order valence-corrected chi connectivity index (χ3v) is 8.31. The summed E-state index contributed by atoms with van der Waals surface area (Å²) in [7, 11) is -9.53. The SMILES string of the molecule is O=P(O)(O)CP(=O)(O)OC[C@H]1O[C@@H](n2cnc3c(NC4CC4)nc(Cl)nc32)[C@@H](F)[C@@H]1O. The fourth-order valence-electron chi connectivity index (χ4n) is 3.13. The molecule has 2 aromatic rings. The summed E-state index contributed by atoms with van der Waals surface area (Å²) in [5, 5.41) is 13.2. The summed E-state index contributed by atoms with van der Waals surface area (Å²) < 4.78 is 48.8. The molecule has 17 heteroatoms. The number of ether oxygens (including phenoxy) is 1.